The van der Waals surface area contributed by atoms with Crippen LogP contribution in [-0.2, 0) is 9.59 Å². The number of carbonyl (C=O) groups is 2. The summed E-state index contributed by atoms with van der Waals surface area (Å²) in [6.07, 6.45) is 0. The van der Waals surface area contributed by atoms with Crippen LogP contribution in [0, 0.1) is 0 Å². The van der Waals surface area contributed by atoms with Crippen molar-refractivity contribution >= 4 is 46.6 Å². The van der Waals surface area contributed by atoms with E-state index in [2.05, 4.69) is 5.32 Å². The molecule has 0 aromatic heterocycles. The third-order valence-corrected chi connectivity index (χ3v) is 4.50. The standard InChI is InChI=1S/C16H13ClN2O2S/c17-11-4-3-5-12(8-11)18-15(20)9-19-13-6-1-2-7-14(13)22-10-16(19)21/h1-8H,9-10H2,(H,18,20). The zero-order valence-electron chi connectivity index (χ0n) is 11.6. The van der Waals surface area contributed by atoms with E-state index in [-0.39, 0.29) is 18.4 Å². The number of anilines is 2. The molecule has 4 nitrogen and oxygen atoms in total. The summed E-state index contributed by atoms with van der Waals surface area (Å²) < 4.78 is 0. The van der Waals surface area contributed by atoms with Crippen molar-refractivity contribution in [1.29, 1.82) is 0 Å². The van der Waals surface area contributed by atoms with Crippen molar-refractivity contribution in [2.75, 3.05) is 22.5 Å². The lowest BCUT2D eigenvalue weighted by molar-refractivity contribution is -0.120. The predicted molar refractivity (Wildman–Crippen MR) is 89.6 cm³/mol. The van der Waals surface area contributed by atoms with Crippen LogP contribution in [-0.4, -0.2) is 24.1 Å². The number of rotatable bonds is 3. The number of hydrogen-bond acceptors (Lipinski definition) is 3. The minimum atomic E-state index is -0.252. The summed E-state index contributed by atoms with van der Waals surface area (Å²) in [5.41, 5.74) is 1.40. The molecule has 0 radical (unpaired) electrons. The van der Waals surface area contributed by atoms with Crippen molar-refractivity contribution in [2.24, 2.45) is 0 Å². The van der Waals surface area contributed by atoms with E-state index in [0.717, 1.165) is 10.6 Å². The number of amides is 2. The van der Waals surface area contributed by atoms with Gasteiger partial charge in [-0.05, 0) is 30.3 Å². The number of carbonyl (C=O) groups excluding carboxylic acids is 2. The monoisotopic (exact) mass is 332 g/mol. The number of benzene rings is 2. The molecule has 112 valence electrons. The van der Waals surface area contributed by atoms with Crippen LogP contribution in [0.2, 0.25) is 5.02 Å². The highest BCUT2D eigenvalue weighted by Gasteiger charge is 2.26. The molecule has 0 bridgehead atoms. The van der Waals surface area contributed by atoms with Gasteiger partial charge in [-0.2, -0.15) is 0 Å². The predicted octanol–water partition coefficient (Wildman–Crippen LogP) is 3.42. The van der Waals surface area contributed by atoms with E-state index in [1.165, 1.54) is 16.7 Å². The topological polar surface area (TPSA) is 49.4 Å². The fourth-order valence-electron chi connectivity index (χ4n) is 2.24. The summed E-state index contributed by atoms with van der Waals surface area (Å²) >= 11 is 7.38. The van der Waals surface area contributed by atoms with Crippen molar-refractivity contribution < 1.29 is 9.59 Å². The third kappa shape index (κ3) is 3.26. The first-order valence-corrected chi connectivity index (χ1v) is 8.07. The Kier molecular flexibility index (Phi) is 4.36. The van der Waals surface area contributed by atoms with Crippen LogP contribution in [0.15, 0.2) is 53.4 Å². The average molecular weight is 333 g/mol. The number of para-hydroxylation sites is 1. The molecule has 1 aliphatic heterocycles. The van der Waals surface area contributed by atoms with E-state index in [4.69, 9.17) is 11.6 Å². The van der Waals surface area contributed by atoms with E-state index in [9.17, 15) is 9.59 Å². The molecule has 2 aromatic rings. The molecular formula is C16H13ClN2O2S. The van der Waals surface area contributed by atoms with E-state index in [1.54, 1.807) is 24.3 Å². The van der Waals surface area contributed by atoms with Gasteiger partial charge in [-0.1, -0.05) is 29.8 Å². The highest BCUT2D eigenvalue weighted by atomic mass is 35.5. The molecule has 0 unspecified atom stereocenters. The summed E-state index contributed by atoms with van der Waals surface area (Å²) in [5.74, 6) is 0.0313. The number of hydrogen-bond donors (Lipinski definition) is 1. The molecule has 0 saturated heterocycles. The van der Waals surface area contributed by atoms with Gasteiger partial charge in [0.2, 0.25) is 11.8 Å². The van der Waals surface area contributed by atoms with Crippen molar-refractivity contribution in [3.05, 3.63) is 53.6 Å². The normalized spacial score (nSPS) is 13.7. The summed E-state index contributed by atoms with van der Waals surface area (Å²) in [6, 6.07) is 14.5. The molecule has 0 aliphatic carbocycles. The maximum atomic E-state index is 12.2. The second-order valence-corrected chi connectivity index (χ2v) is 6.25. The molecule has 0 spiro atoms. The Morgan fingerprint density at radius 1 is 1.23 bits per heavy atom. The van der Waals surface area contributed by atoms with Gasteiger partial charge in [-0.25, -0.2) is 0 Å². The highest BCUT2D eigenvalue weighted by Crippen LogP contribution is 2.34. The van der Waals surface area contributed by atoms with Crippen molar-refractivity contribution in [1.82, 2.24) is 0 Å². The number of halogens is 1. The molecule has 22 heavy (non-hydrogen) atoms. The Bertz CT molecular complexity index is 736. The van der Waals surface area contributed by atoms with Gasteiger partial charge < -0.3 is 10.2 Å². The Balaban J connectivity index is 1.75. The quantitative estimate of drug-likeness (QED) is 0.937. The highest BCUT2D eigenvalue weighted by molar-refractivity contribution is 8.00. The second-order valence-electron chi connectivity index (χ2n) is 4.79. The van der Waals surface area contributed by atoms with Crippen molar-refractivity contribution in [3.8, 4) is 0 Å². The SMILES string of the molecule is O=C(CN1C(=O)CSc2ccccc21)Nc1cccc(Cl)c1. The minimum absolute atomic E-state index is 0.0110. The van der Waals surface area contributed by atoms with Crippen LogP contribution in [0.4, 0.5) is 11.4 Å². The van der Waals surface area contributed by atoms with Crippen molar-refractivity contribution in [3.63, 3.8) is 0 Å². The maximum Gasteiger partial charge on any atom is 0.244 e. The minimum Gasteiger partial charge on any atom is -0.324 e. The molecule has 1 aliphatic rings. The molecule has 0 atom stereocenters. The number of thioether (sulfide) groups is 1. The maximum absolute atomic E-state index is 12.2. The Labute approximate surface area is 137 Å². The number of fused-ring (bicyclic) bond motifs is 1. The smallest absolute Gasteiger partial charge is 0.244 e. The van der Waals surface area contributed by atoms with Crippen LogP contribution in [0.1, 0.15) is 0 Å². The van der Waals surface area contributed by atoms with Gasteiger partial charge in [0.05, 0.1) is 11.4 Å². The molecule has 6 heteroatoms. The van der Waals surface area contributed by atoms with Gasteiger partial charge in [0, 0.05) is 15.6 Å². The molecule has 0 fully saturated rings. The van der Waals surface area contributed by atoms with E-state index >= 15 is 0 Å². The van der Waals surface area contributed by atoms with Gasteiger partial charge in [-0.15, -0.1) is 11.8 Å². The van der Waals surface area contributed by atoms with Crippen LogP contribution >= 0.6 is 23.4 Å². The second kappa shape index (κ2) is 6.42. The summed E-state index contributed by atoms with van der Waals surface area (Å²) in [7, 11) is 0. The first-order chi connectivity index (χ1) is 10.6. The van der Waals surface area contributed by atoms with Crippen LogP contribution in [0.3, 0.4) is 0 Å². The first-order valence-electron chi connectivity index (χ1n) is 6.71. The van der Waals surface area contributed by atoms with E-state index in [0.29, 0.717) is 16.5 Å². The summed E-state index contributed by atoms with van der Waals surface area (Å²) in [6.45, 7) is -0.0110. The largest absolute Gasteiger partial charge is 0.324 e. The Morgan fingerprint density at radius 3 is 2.86 bits per heavy atom. The first kappa shape index (κ1) is 14.9. The van der Waals surface area contributed by atoms with E-state index in [1.807, 2.05) is 24.3 Å². The average Bonchev–Trinajstić information content (AvgIpc) is 2.50. The summed E-state index contributed by atoms with van der Waals surface area (Å²) in [5, 5.41) is 3.31. The number of nitrogens with zero attached hydrogens (tertiary/aromatic N) is 1. The fraction of sp³-hybridized carbons (Fsp3) is 0.125. The molecule has 0 saturated carbocycles. The molecule has 1 heterocycles. The van der Waals surface area contributed by atoms with Gasteiger partial charge in [-0.3, -0.25) is 9.59 Å². The molecule has 3 rings (SSSR count). The van der Waals surface area contributed by atoms with Crippen LogP contribution in [0.25, 0.3) is 0 Å². The van der Waals surface area contributed by atoms with Gasteiger partial charge in [0.25, 0.3) is 0 Å². The fourth-order valence-corrected chi connectivity index (χ4v) is 3.36. The molecule has 2 aromatic carbocycles. The summed E-state index contributed by atoms with van der Waals surface area (Å²) in [4.78, 5) is 26.8. The number of nitrogens with one attached hydrogen (secondary N) is 1. The Hall–Kier alpha value is -1.98. The van der Waals surface area contributed by atoms with Crippen LogP contribution in [0.5, 0.6) is 0 Å². The Morgan fingerprint density at radius 2 is 2.05 bits per heavy atom. The van der Waals surface area contributed by atoms with Crippen molar-refractivity contribution in [2.45, 2.75) is 4.90 Å². The molecular weight excluding hydrogens is 320 g/mol. The van der Waals surface area contributed by atoms with Gasteiger partial charge in [0.1, 0.15) is 6.54 Å². The van der Waals surface area contributed by atoms with Crippen LogP contribution < -0.4 is 10.2 Å². The zero-order chi connectivity index (χ0) is 15.5. The molecule has 1 N–H and O–H groups in total. The molecule has 2 amide bonds. The third-order valence-electron chi connectivity index (χ3n) is 3.22. The van der Waals surface area contributed by atoms with E-state index < -0.39 is 0 Å². The lowest BCUT2D eigenvalue weighted by Crippen LogP contribution is -2.41. The van der Waals surface area contributed by atoms with Gasteiger partial charge in [0.15, 0.2) is 0 Å². The lowest BCUT2D eigenvalue weighted by atomic mass is 10.2. The lowest BCUT2D eigenvalue weighted by Gasteiger charge is -2.28. The zero-order valence-corrected chi connectivity index (χ0v) is 13.2. The van der Waals surface area contributed by atoms with Gasteiger partial charge >= 0.3 is 0 Å².